The molecule has 0 radical (unpaired) electrons. The summed E-state index contributed by atoms with van der Waals surface area (Å²) in [5.74, 6) is 0.0563. The second-order valence-electron chi connectivity index (χ2n) is 6.30. The van der Waals surface area contributed by atoms with Crippen LogP contribution >= 0.6 is 11.6 Å². The predicted molar refractivity (Wildman–Crippen MR) is 105 cm³/mol. The van der Waals surface area contributed by atoms with Crippen LogP contribution in [0.1, 0.15) is 12.5 Å². The summed E-state index contributed by atoms with van der Waals surface area (Å²) in [6.07, 6.45) is 0.913. The largest absolute Gasteiger partial charge is 0.369 e. The molecule has 3 rings (SSSR count). The highest BCUT2D eigenvalue weighted by molar-refractivity contribution is 6.30. The Labute approximate surface area is 154 Å². The van der Waals surface area contributed by atoms with E-state index in [0.29, 0.717) is 6.54 Å². The van der Waals surface area contributed by atoms with Gasteiger partial charge in [-0.3, -0.25) is 9.69 Å². The van der Waals surface area contributed by atoms with Crippen LogP contribution in [0.15, 0.2) is 48.5 Å². The molecule has 25 heavy (non-hydrogen) atoms. The SMILES string of the molecule is CCc1ccccc1NC(=O)CN1CCN(c2ccc(Cl)cc2)CC1. The van der Waals surface area contributed by atoms with Gasteiger partial charge in [0.1, 0.15) is 0 Å². The molecule has 1 amide bonds. The normalized spacial score (nSPS) is 15.2. The van der Waals surface area contributed by atoms with Crippen LogP contribution < -0.4 is 10.2 Å². The summed E-state index contributed by atoms with van der Waals surface area (Å²) in [6.45, 7) is 6.13. The highest BCUT2D eigenvalue weighted by Crippen LogP contribution is 2.19. The summed E-state index contributed by atoms with van der Waals surface area (Å²) in [5, 5.41) is 3.80. The fourth-order valence-electron chi connectivity index (χ4n) is 3.16. The van der Waals surface area contributed by atoms with Gasteiger partial charge < -0.3 is 10.2 Å². The van der Waals surface area contributed by atoms with E-state index in [2.05, 4.69) is 28.1 Å². The quantitative estimate of drug-likeness (QED) is 0.887. The lowest BCUT2D eigenvalue weighted by Crippen LogP contribution is -2.48. The number of amides is 1. The van der Waals surface area contributed by atoms with Crippen LogP contribution in [0.3, 0.4) is 0 Å². The van der Waals surface area contributed by atoms with E-state index < -0.39 is 0 Å². The van der Waals surface area contributed by atoms with Gasteiger partial charge in [0.25, 0.3) is 0 Å². The van der Waals surface area contributed by atoms with Crippen molar-refractivity contribution < 1.29 is 4.79 Å². The van der Waals surface area contributed by atoms with E-state index in [9.17, 15) is 4.79 Å². The Kier molecular flexibility index (Phi) is 5.95. The molecule has 0 bridgehead atoms. The third kappa shape index (κ3) is 4.74. The van der Waals surface area contributed by atoms with Crippen molar-refractivity contribution in [1.29, 1.82) is 0 Å². The average Bonchev–Trinajstić information content (AvgIpc) is 2.63. The van der Waals surface area contributed by atoms with E-state index in [1.807, 2.05) is 42.5 Å². The van der Waals surface area contributed by atoms with E-state index in [1.165, 1.54) is 11.3 Å². The number of halogens is 1. The van der Waals surface area contributed by atoms with Crippen molar-refractivity contribution in [1.82, 2.24) is 4.90 Å². The molecule has 1 aliphatic heterocycles. The van der Waals surface area contributed by atoms with Crippen molar-refractivity contribution in [2.24, 2.45) is 0 Å². The number of anilines is 2. The second-order valence-corrected chi connectivity index (χ2v) is 6.73. The highest BCUT2D eigenvalue weighted by atomic mass is 35.5. The molecular weight excluding hydrogens is 334 g/mol. The van der Waals surface area contributed by atoms with Gasteiger partial charge in [-0.1, -0.05) is 36.7 Å². The molecule has 0 spiro atoms. The average molecular weight is 358 g/mol. The zero-order chi connectivity index (χ0) is 17.6. The maximum Gasteiger partial charge on any atom is 0.238 e. The molecular formula is C20H24ClN3O. The second kappa shape index (κ2) is 8.37. The van der Waals surface area contributed by atoms with E-state index in [4.69, 9.17) is 11.6 Å². The van der Waals surface area contributed by atoms with E-state index in [-0.39, 0.29) is 5.91 Å². The molecule has 1 N–H and O–H groups in total. The minimum Gasteiger partial charge on any atom is -0.369 e. The number of para-hydroxylation sites is 1. The summed E-state index contributed by atoms with van der Waals surface area (Å²) >= 11 is 5.95. The minimum absolute atomic E-state index is 0.0563. The highest BCUT2D eigenvalue weighted by Gasteiger charge is 2.19. The van der Waals surface area contributed by atoms with Crippen molar-refractivity contribution in [3.63, 3.8) is 0 Å². The topological polar surface area (TPSA) is 35.6 Å². The molecule has 4 nitrogen and oxygen atoms in total. The van der Waals surface area contributed by atoms with Crippen LogP contribution in [0.4, 0.5) is 11.4 Å². The van der Waals surface area contributed by atoms with Gasteiger partial charge in [0.15, 0.2) is 0 Å². The molecule has 0 saturated carbocycles. The number of benzene rings is 2. The first-order chi connectivity index (χ1) is 12.2. The molecule has 1 fully saturated rings. The van der Waals surface area contributed by atoms with Crippen molar-refractivity contribution in [3.8, 4) is 0 Å². The maximum absolute atomic E-state index is 12.4. The summed E-state index contributed by atoms with van der Waals surface area (Å²) in [6, 6.07) is 15.9. The molecule has 0 atom stereocenters. The lowest BCUT2D eigenvalue weighted by molar-refractivity contribution is -0.117. The number of hydrogen-bond acceptors (Lipinski definition) is 3. The Morgan fingerprint density at radius 3 is 2.40 bits per heavy atom. The van der Waals surface area contributed by atoms with Crippen LogP contribution in [0.2, 0.25) is 5.02 Å². The smallest absolute Gasteiger partial charge is 0.238 e. The van der Waals surface area contributed by atoms with Gasteiger partial charge in [-0.25, -0.2) is 0 Å². The Morgan fingerprint density at radius 2 is 1.72 bits per heavy atom. The standard InChI is InChI=1S/C20H24ClN3O/c1-2-16-5-3-4-6-19(16)22-20(25)15-23-11-13-24(14-12-23)18-9-7-17(21)8-10-18/h3-10H,2,11-15H2,1H3,(H,22,25). The zero-order valence-electron chi connectivity index (χ0n) is 14.5. The number of carbonyl (C=O) groups is 1. The number of nitrogens with one attached hydrogen (secondary N) is 1. The van der Waals surface area contributed by atoms with Crippen LogP contribution in [0.25, 0.3) is 0 Å². The maximum atomic E-state index is 12.4. The first kappa shape index (κ1) is 17.8. The number of hydrogen-bond donors (Lipinski definition) is 1. The van der Waals surface area contributed by atoms with Gasteiger partial charge in [0, 0.05) is 42.6 Å². The predicted octanol–water partition coefficient (Wildman–Crippen LogP) is 3.66. The van der Waals surface area contributed by atoms with Crippen LogP contribution in [-0.4, -0.2) is 43.5 Å². The lowest BCUT2D eigenvalue weighted by atomic mass is 10.1. The number of rotatable bonds is 5. The molecule has 0 unspecified atom stereocenters. The van der Waals surface area contributed by atoms with Crippen LogP contribution in [0.5, 0.6) is 0 Å². The van der Waals surface area contributed by atoms with Gasteiger partial charge in [0.05, 0.1) is 6.54 Å². The molecule has 2 aromatic carbocycles. The van der Waals surface area contributed by atoms with Crippen molar-refractivity contribution in [2.45, 2.75) is 13.3 Å². The number of nitrogens with zero attached hydrogens (tertiary/aromatic N) is 2. The molecule has 0 aliphatic carbocycles. The Morgan fingerprint density at radius 1 is 1.04 bits per heavy atom. The summed E-state index contributed by atoms with van der Waals surface area (Å²) in [4.78, 5) is 16.9. The monoisotopic (exact) mass is 357 g/mol. The van der Waals surface area contributed by atoms with Gasteiger partial charge in [0.2, 0.25) is 5.91 Å². The van der Waals surface area contributed by atoms with E-state index >= 15 is 0 Å². The van der Waals surface area contributed by atoms with Crippen molar-refractivity contribution in [2.75, 3.05) is 42.9 Å². The summed E-state index contributed by atoms with van der Waals surface area (Å²) in [7, 11) is 0. The Balaban J connectivity index is 1.50. The van der Waals surface area contributed by atoms with Crippen LogP contribution in [0, 0.1) is 0 Å². The fraction of sp³-hybridized carbons (Fsp3) is 0.350. The summed E-state index contributed by atoms with van der Waals surface area (Å²) < 4.78 is 0. The van der Waals surface area contributed by atoms with Crippen molar-refractivity contribution >= 4 is 28.9 Å². The summed E-state index contributed by atoms with van der Waals surface area (Å²) in [5.41, 5.74) is 3.28. The lowest BCUT2D eigenvalue weighted by Gasteiger charge is -2.35. The zero-order valence-corrected chi connectivity index (χ0v) is 15.3. The van der Waals surface area contributed by atoms with Gasteiger partial charge in [-0.05, 0) is 42.3 Å². The fourth-order valence-corrected chi connectivity index (χ4v) is 3.29. The van der Waals surface area contributed by atoms with Crippen LogP contribution in [-0.2, 0) is 11.2 Å². The molecule has 132 valence electrons. The molecule has 1 saturated heterocycles. The van der Waals surface area contributed by atoms with E-state index in [0.717, 1.165) is 43.3 Å². The number of piperazine rings is 1. The molecule has 0 aromatic heterocycles. The van der Waals surface area contributed by atoms with Gasteiger partial charge in [-0.15, -0.1) is 0 Å². The number of aryl methyl sites for hydroxylation is 1. The van der Waals surface area contributed by atoms with Gasteiger partial charge in [-0.2, -0.15) is 0 Å². The number of carbonyl (C=O) groups excluding carboxylic acids is 1. The van der Waals surface area contributed by atoms with E-state index in [1.54, 1.807) is 0 Å². The molecule has 1 heterocycles. The molecule has 1 aliphatic rings. The Bertz CT molecular complexity index is 709. The third-order valence-corrected chi connectivity index (χ3v) is 4.86. The van der Waals surface area contributed by atoms with Gasteiger partial charge >= 0.3 is 0 Å². The minimum atomic E-state index is 0.0563. The molecule has 5 heteroatoms. The third-order valence-electron chi connectivity index (χ3n) is 4.60. The van der Waals surface area contributed by atoms with Crippen molar-refractivity contribution in [3.05, 3.63) is 59.1 Å². The first-order valence-corrected chi connectivity index (χ1v) is 9.14. The first-order valence-electron chi connectivity index (χ1n) is 8.76. The molecule has 2 aromatic rings. The Hall–Kier alpha value is -2.04.